The molecule has 1 saturated heterocycles. The molecule has 1 aliphatic heterocycles. The number of urea groups is 1. The van der Waals surface area contributed by atoms with E-state index in [0.29, 0.717) is 13.2 Å². The zero-order valence-electron chi connectivity index (χ0n) is 16.0. The SMILES string of the molecule is CC1CCCCC1N1C(=O)C(=O)N(CN(C)CCOc2ccccc2)C1=O. The van der Waals surface area contributed by atoms with Crippen molar-refractivity contribution in [2.45, 2.75) is 38.6 Å². The Labute approximate surface area is 159 Å². The predicted octanol–water partition coefficient (Wildman–Crippen LogP) is 2.32. The van der Waals surface area contributed by atoms with Crippen molar-refractivity contribution in [1.82, 2.24) is 14.7 Å². The molecule has 2 fully saturated rings. The van der Waals surface area contributed by atoms with Crippen molar-refractivity contribution in [1.29, 1.82) is 0 Å². The van der Waals surface area contributed by atoms with Gasteiger partial charge in [0, 0.05) is 12.6 Å². The number of amides is 4. The molecule has 1 saturated carbocycles. The number of hydrogen-bond donors (Lipinski definition) is 0. The number of carbonyl (C=O) groups is 3. The summed E-state index contributed by atoms with van der Waals surface area (Å²) >= 11 is 0. The van der Waals surface area contributed by atoms with Crippen LogP contribution >= 0.6 is 0 Å². The highest BCUT2D eigenvalue weighted by Crippen LogP contribution is 2.31. The number of ether oxygens (including phenoxy) is 1. The third-order valence-corrected chi connectivity index (χ3v) is 5.35. The molecule has 1 aromatic rings. The highest BCUT2D eigenvalue weighted by atomic mass is 16.5. The van der Waals surface area contributed by atoms with Crippen LogP contribution in [0.15, 0.2) is 30.3 Å². The quantitative estimate of drug-likeness (QED) is 0.542. The molecule has 0 bridgehead atoms. The number of para-hydroxylation sites is 1. The molecule has 0 spiro atoms. The van der Waals surface area contributed by atoms with Crippen LogP contribution in [0.3, 0.4) is 0 Å². The van der Waals surface area contributed by atoms with Gasteiger partial charge in [0.25, 0.3) is 0 Å². The Morgan fingerprint density at radius 1 is 1.07 bits per heavy atom. The van der Waals surface area contributed by atoms with Gasteiger partial charge in [0.15, 0.2) is 0 Å². The lowest BCUT2D eigenvalue weighted by Gasteiger charge is -2.34. The van der Waals surface area contributed by atoms with E-state index in [1.807, 2.05) is 37.3 Å². The van der Waals surface area contributed by atoms with Crippen LogP contribution in [0.2, 0.25) is 0 Å². The molecule has 1 heterocycles. The Hall–Kier alpha value is -2.41. The number of carbonyl (C=O) groups excluding carboxylic acids is 3. The Bertz CT molecular complexity index is 694. The van der Waals surface area contributed by atoms with E-state index in [1.165, 1.54) is 4.90 Å². The second kappa shape index (κ2) is 8.52. The lowest BCUT2D eigenvalue weighted by Crippen LogP contribution is -2.47. The molecule has 7 nitrogen and oxygen atoms in total. The molecule has 7 heteroatoms. The van der Waals surface area contributed by atoms with Crippen LogP contribution in [0.5, 0.6) is 5.75 Å². The smallest absolute Gasteiger partial charge is 0.335 e. The van der Waals surface area contributed by atoms with Crippen LogP contribution in [0.4, 0.5) is 4.79 Å². The summed E-state index contributed by atoms with van der Waals surface area (Å²) in [5.74, 6) is -0.412. The van der Waals surface area contributed by atoms with Gasteiger partial charge in [-0.05, 0) is 37.9 Å². The van der Waals surface area contributed by atoms with Gasteiger partial charge in [0.05, 0.1) is 6.67 Å². The fourth-order valence-corrected chi connectivity index (χ4v) is 3.77. The van der Waals surface area contributed by atoms with Crippen molar-refractivity contribution < 1.29 is 19.1 Å². The maximum absolute atomic E-state index is 12.8. The van der Waals surface area contributed by atoms with Crippen LogP contribution in [-0.4, -0.2) is 65.5 Å². The second-order valence-electron chi connectivity index (χ2n) is 7.40. The normalized spacial score (nSPS) is 23.4. The molecule has 2 atom stereocenters. The van der Waals surface area contributed by atoms with E-state index in [2.05, 4.69) is 0 Å². The average molecular weight is 373 g/mol. The lowest BCUT2D eigenvalue weighted by molar-refractivity contribution is -0.145. The third kappa shape index (κ3) is 4.30. The van der Waals surface area contributed by atoms with E-state index in [-0.39, 0.29) is 18.6 Å². The van der Waals surface area contributed by atoms with Gasteiger partial charge in [-0.15, -0.1) is 0 Å². The van der Waals surface area contributed by atoms with Crippen molar-refractivity contribution >= 4 is 17.8 Å². The van der Waals surface area contributed by atoms with Crippen molar-refractivity contribution in [3.8, 4) is 5.75 Å². The van der Waals surface area contributed by atoms with Gasteiger partial charge in [-0.3, -0.25) is 19.4 Å². The molecule has 146 valence electrons. The molecule has 2 aliphatic rings. The molecular formula is C20H27N3O4. The Kier molecular flexibility index (Phi) is 6.11. The van der Waals surface area contributed by atoms with Crippen molar-refractivity contribution in [2.75, 3.05) is 26.9 Å². The van der Waals surface area contributed by atoms with Crippen molar-refractivity contribution in [2.24, 2.45) is 5.92 Å². The fourth-order valence-electron chi connectivity index (χ4n) is 3.77. The molecule has 1 aliphatic carbocycles. The first kappa shape index (κ1) is 19.4. The second-order valence-corrected chi connectivity index (χ2v) is 7.40. The molecule has 0 N–H and O–H groups in total. The zero-order chi connectivity index (χ0) is 19.4. The van der Waals surface area contributed by atoms with Crippen LogP contribution in [0, 0.1) is 5.92 Å². The highest BCUT2D eigenvalue weighted by molar-refractivity contribution is 6.44. The molecule has 1 aromatic carbocycles. The Morgan fingerprint density at radius 3 is 2.48 bits per heavy atom. The van der Waals surface area contributed by atoms with Crippen LogP contribution in [-0.2, 0) is 9.59 Å². The number of nitrogens with zero attached hydrogens (tertiary/aromatic N) is 3. The number of imide groups is 2. The number of rotatable bonds is 7. The number of likely N-dealkylation sites (N-methyl/N-ethyl adjacent to an activating group) is 1. The fraction of sp³-hybridized carbons (Fsp3) is 0.550. The lowest BCUT2D eigenvalue weighted by atomic mass is 9.85. The largest absolute Gasteiger partial charge is 0.492 e. The standard InChI is InChI=1S/C20H27N3O4/c1-15-8-6-7-11-17(15)23-19(25)18(24)22(20(23)26)14-21(2)12-13-27-16-9-4-3-5-10-16/h3-5,9-10,15,17H,6-8,11-14H2,1-2H3. The van der Waals surface area contributed by atoms with Crippen molar-refractivity contribution in [3.05, 3.63) is 30.3 Å². The van der Waals surface area contributed by atoms with Gasteiger partial charge >= 0.3 is 17.8 Å². The summed E-state index contributed by atoms with van der Waals surface area (Å²) in [5.41, 5.74) is 0. The summed E-state index contributed by atoms with van der Waals surface area (Å²) in [6, 6.07) is 8.80. The minimum Gasteiger partial charge on any atom is -0.492 e. The van der Waals surface area contributed by atoms with Gasteiger partial charge < -0.3 is 4.74 Å². The van der Waals surface area contributed by atoms with E-state index in [4.69, 9.17) is 4.74 Å². The maximum atomic E-state index is 12.8. The molecular weight excluding hydrogens is 346 g/mol. The van der Waals surface area contributed by atoms with Gasteiger partial charge in [0.2, 0.25) is 0 Å². The minimum atomic E-state index is -0.728. The summed E-state index contributed by atoms with van der Waals surface area (Å²) in [6.45, 7) is 3.08. The first-order valence-corrected chi connectivity index (χ1v) is 9.54. The Morgan fingerprint density at radius 2 is 1.78 bits per heavy atom. The molecule has 27 heavy (non-hydrogen) atoms. The maximum Gasteiger partial charge on any atom is 0.335 e. The monoisotopic (exact) mass is 373 g/mol. The van der Waals surface area contributed by atoms with Gasteiger partial charge in [-0.2, -0.15) is 0 Å². The molecule has 0 aromatic heterocycles. The first-order valence-electron chi connectivity index (χ1n) is 9.54. The Balaban J connectivity index is 1.55. The molecule has 2 unspecified atom stereocenters. The number of hydrogen-bond acceptors (Lipinski definition) is 5. The summed E-state index contributed by atoms with van der Waals surface area (Å²) in [5, 5.41) is 0. The highest BCUT2D eigenvalue weighted by Gasteiger charge is 2.49. The summed E-state index contributed by atoms with van der Waals surface area (Å²) < 4.78 is 5.64. The summed E-state index contributed by atoms with van der Waals surface area (Å²) in [4.78, 5) is 41.6. The van der Waals surface area contributed by atoms with Crippen molar-refractivity contribution in [3.63, 3.8) is 0 Å². The van der Waals surface area contributed by atoms with Gasteiger partial charge in [-0.25, -0.2) is 9.69 Å². The minimum absolute atomic E-state index is 0.0825. The summed E-state index contributed by atoms with van der Waals surface area (Å²) in [6.07, 6.45) is 3.85. The predicted molar refractivity (Wildman–Crippen MR) is 99.9 cm³/mol. The molecule has 3 rings (SSSR count). The van der Waals surface area contributed by atoms with Gasteiger partial charge in [-0.1, -0.05) is 38.0 Å². The van der Waals surface area contributed by atoms with E-state index < -0.39 is 17.8 Å². The van der Waals surface area contributed by atoms with E-state index in [0.717, 1.165) is 36.3 Å². The van der Waals surface area contributed by atoms with E-state index in [9.17, 15) is 14.4 Å². The van der Waals surface area contributed by atoms with E-state index >= 15 is 0 Å². The molecule has 0 radical (unpaired) electrons. The van der Waals surface area contributed by atoms with Crippen LogP contribution in [0.25, 0.3) is 0 Å². The van der Waals surface area contributed by atoms with Crippen LogP contribution < -0.4 is 4.74 Å². The third-order valence-electron chi connectivity index (χ3n) is 5.35. The summed E-state index contributed by atoms with van der Waals surface area (Å²) in [7, 11) is 1.80. The van der Waals surface area contributed by atoms with Gasteiger partial charge in [0.1, 0.15) is 12.4 Å². The zero-order valence-corrected chi connectivity index (χ0v) is 16.0. The number of benzene rings is 1. The topological polar surface area (TPSA) is 70.2 Å². The van der Waals surface area contributed by atoms with E-state index in [1.54, 1.807) is 11.9 Å². The average Bonchev–Trinajstić information content (AvgIpc) is 2.87. The van der Waals surface area contributed by atoms with Crippen LogP contribution in [0.1, 0.15) is 32.6 Å². The molecule has 4 amide bonds. The first-order chi connectivity index (χ1) is 13.0.